The van der Waals surface area contributed by atoms with Gasteiger partial charge >= 0.3 is 5.97 Å². The van der Waals surface area contributed by atoms with Gasteiger partial charge in [0.1, 0.15) is 24.1 Å². The average Bonchev–Trinajstić information content (AvgIpc) is 2.64. The van der Waals surface area contributed by atoms with E-state index in [4.69, 9.17) is 25.8 Å². The number of carboxylic acids is 1. The van der Waals surface area contributed by atoms with E-state index in [9.17, 15) is 20.1 Å². The molecule has 2 aliphatic rings. The van der Waals surface area contributed by atoms with Gasteiger partial charge in [-0.3, -0.25) is 5.41 Å². The number of aliphatic hydroxyl groups excluding tert-OH is 3. The molecule has 2 aliphatic heterocycles. The summed E-state index contributed by atoms with van der Waals surface area (Å²) < 4.78 is 5.79. The van der Waals surface area contributed by atoms with Crippen LogP contribution in [0.1, 0.15) is 19.3 Å². The second-order valence-corrected chi connectivity index (χ2v) is 6.54. The third kappa shape index (κ3) is 3.83. The van der Waals surface area contributed by atoms with Gasteiger partial charge in [0, 0.05) is 19.2 Å². The number of nitrogens with two attached hydrogens (primary N) is 1. The first kappa shape index (κ1) is 19.4. The topological polar surface area (TPSA) is 187 Å². The minimum atomic E-state index is -1.84. The molecule has 2 saturated heterocycles. The Morgan fingerprint density at radius 1 is 1.22 bits per heavy atom. The maximum absolute atomic E-state index is 11.1. The lowest BCUT2D eigenvalue weighted by Gasteiger charge is -2.38. The van der Waals surface area contributed by atoms with E-state index < -0.39 is 36.7 Å². The number of aromatic nitrogens is 2. The number of nitrogen functional groups attached to an aromatic ring is 1. The van der Waals surface area contributed by atoms with Gasteiger partial charge in [-0.1, -0.05) is 0 Å². The zero-order chi connectivity index (χ0) is 19.7. The van der Waals surface area contributed by atoms with Crippen LogP contribution < -0.4 is 21.0 Å². The van der Waals surface area contributed by atoms with E-state index in [0.29, 0.717) is 5.82 Å². The number of aliphatic hydroxyl groups is 3. The molecule has 3 rings (SSSR count). The minimum absolute atomic E-state index is 0.202. The second kappa shape index (κ2) is 7.68. The summed E-state index contributed by atoms with van der Waals surface area (Å²) in [6, 6.07) is 1.43. The van der Waals surface area contributed by atoms with Crippen molar-refractivity contribution in [3.05, 3.63) is 11.6 Å². The molecule has 5 atom stereocenters. The van der Waals surface area contributed by atoms with E-state index >= 15 is 0 Å². The highest BCUT2D eigenvalue weighted by molar-refractivity contribution is 5.73. The molecule has 3 heterocycles. The van der Waals surface area contributed by atoms with E-state index in [1.54, 1.807) is 0 Å². The van der Waals surface area contributed by atoms with Gasteiger partial charge in [-0.2, -0.15) is 4.98 Å². The lowest BCUT2D eigenvalue weighted by Crippen LogP contribution is -2.62. The van der Waals surface area contributed by atoms with Gasteiger partial charge in [-0.15, -0.1) is 4.73 Å². The molecule has 0 aliphatic carbocycles. The molecule has 150 valence electrons. The number of nitrogens with zero attached hydrogens (tertiary/aromatic N) is 3. The quantitative estimate of drug-likeness (QED) is 0.317. The van der Waals surface area contributed by atoms with Crippen molar-refractivity contribution in [3.8, 4) is 0 Å². The molecule has 2 unspecified atom stereocenters. The summed E-state index contributed by atoms with van der Waals surface area (Å²) in [6.07, 6.45) is -5.75. The highest BCUT2D eigenvalue weighted by atomic mass is 16.8. The van der Waals surface area contributed by atoms with E-state index in [0.717, 1.165) is 37.1 Å². The van der Waals surface area contributed by atoms with Crippen LogP contribution in [0.2, 0.25) is 0 Å². The molecular weight excluding hydrogens is 362 g/mol. The summed E-state index contributed by atoms with van der Waals surface area (Å²) in [6.45, 7) is 1.59. The fraction of sp³-hybridized carbons (Fsp3) is 0.667. The van der Waals surface area contributed by atoms with E-state index in [2.05, 4.69) is 4.98 Å². The predicted octanol–water partition coefficient (Wildman–Crippen LogP) is -2.74. The summed E-state index contributed by atoms with van der Waals surface area (Å²) in [5, 5.41) is 46.7. The Morgan fingerprint density at radius 2 is 1.89 bits per heavy atom. The number of carbonyl (C=O) groups is 1. The van der Waals surface area contributed by atoms with Gasteiger partial charge in [0.05, 0.1) is 0 Å². The van der Waals surface area contributed by atoms with Crippen molar-refractivity contribution < 1.29 is 34.8 Å². The van der Waals surface area contributed by atoms with Crippen LogP contribution in [0.5, 0.6) is 0 Å². The molecule has 0 radical (unpaired) electrons. The van der Waals surface area contributed by atoms with Gasteiger partial charge in [-0.05, 0) is 19.3 Å². The van der Waals surface area contributed by atoms with Crippen LogP contribution in [0.25, 0.3) is 0 Å². The van der Waals surface area contributed by atoms with Crippen LogP contribution in [-0.4, -0.2) is 79.9 Å². The number of aliphatic carboxylic acids is 1. The number of carboxylic acid groups (broad SMARTS) is 1. The molecule has 0 aromatic carbocycles. The van der Waals surface area contributed by atoms with Crippen LogP contribution in [0.4, 0.5) is 11.8 Å². The van der Waals surface area contributed by atoms with Crippen LogP contribution in [-0.2, 0) is 9.53 Å². The molecule has 1 aromatic heterocycles. The first-order chi connectivity index (χ1) is 12.8. The monoisotopic (exact) mass is 385 g/mol. The second-order valence-electron chi connectivity index (χ2n) is 6.54. The average molecular weight is 385 g/mol. The Labute approximate surface area is 153 Å². The zero-order valence-electron chi connectivity index (χ0n) is 14.4. The smallest absolute Gasteiger partial charge is 0.335 e. The van der Waals surface area contributed by atoms with Crippen LogP contribution in [0.15, 0.2) is 6.07 Å². The van der Waals surface area contributed by atoms with Crippen molar-refractivity contribution in [1.82, 2.24) is 9.71 Å². The summed E-state index contributed by atoms with van der Waals surface area (Å²) in [7, 11) is 0. The first-order valence-corrected chi connectivity index (χ1v) is 8.58. The van der Waals surface area contributed by atoms with Crippen LogP contribution >= 0.6 is 0 Å². The molecule has 0 spiro atoms. The highest BCUT2D eigenvalue weighted by Crippen LogP contribution is 2.22. The van der Waals surface area contributed by atoms with Crippen molar-refractivity contribution in [1.29, 1.82) is 5.41 Å². The predicted molar refractivity (Wildman–Crippen MR) is 89.5 cm³/mol. The third-order valence-corrected chi connectivity index (χ3v) is 4.62. The number of hydrogen-bond donors (Lipinski definition) is 6. The maximum Gasteiger partial charge on any atom is 0.335 e. The molecular formula is C15H23N5O7. The number of ether oxygens (including phenoxy) is 1. The van der Waals surface area contributed by atoms with Gasteiger partial charge in [-0.25, -0.2) is 4.79 Å². The first-order valence-electron chi connectivity index (χ1n) is 8.58. The number of anilines is 2. The minimum Gasteiger partial charge on any atom is -0.479 e. The zero-order valence-corrected chi connectivity index (χ0v) is 14.4. The maximum atomic E-state index is 11.1. The number of rotatable bonds is 4. The SMILES string of the molecule is N=c1cc(N2CCCCC2)nc(N)n1O[C@@H]1OC(C(=O)O)[C@@H](O)[C@@H](O)C1O. The summed E-state index contributed by atoms with van der Waals surface area (Å²) in [5.41, 5.74) is 5.66. The number of hydrogen-bond acceptors (Lipinski definition) is 10. The van der Waals surface area contributed by atoms with Crippen molar-refractivity contribution in [3.63, 3.8) is 0 Å². The molecule has 0 saturated carbocycles. The Kier molecular flexibility index (Phi) is 5.51. The molecule has 0 amide bonds. The van der Waals surface area contributed by atoms with Gasteiger partial charge in [0.15, 0.2) is 11.6 Å². The fourth-order valence-corrected chi connectivity index (χ4v) is 3.14. The fourth-order valence-electron chi connectivity index (χ4n) is 3.14. The Hall–Kier alpha value is -2.41. The lowest BCUT2D eigenvalue weighted by atomic mass is 9.99. The molecule has 1 aromatic rings. The van der Waals surface area contributed by atoms with E-state index in [-0.39, 0.29) is 11.4 Å². The summed E-state index contributed by atoms with van der Waals surface area (Å²) >= 11 is 0. The normalized spacial score (nSPS) is 31.5. The van der Waals surface area contributed by atoms with Gasteiger partial charge < -0.3 is 40.6 Å². The largest absolute Gasteiger partial charge is 0.479 e. The molecule has 27 heavy (non-hydrogen) atoms. The van der Waals surface area contributed by atoms with Crippen molar-refractivity contribution in [2.45, 2.75) is 50.0 Å². The van der Waals surface area contributed by atoms with Crippen molar-refractivity contribution >= 4 is 17.7 Å². The third-order valence-electron chi connectivity index (χ3n) is 4.62. The van der Waals surface area contributed by atoms with Crippen LogP contribution in [0, 0.1) is 5.41 Å². The van der Waals surface area contributed by atoms with Crippen molar-refractivity contribution in [2.24, 2.45) is 0 Å². The molecule has 7 N–H and O–H groups in total. The molecule has 0 bridgehead atoms. The van der Waals surface area contributed by atoms with E-state index in [1.807, 2.05) is 4.90 Å². The Bertz CT molecular complexity index is 751. The Balaban J connectivity index is 1.82. The van der Waals surface area contributed by atoms with Gasteiger partial charge in [0.25, 0.3) is 6.29 Å². The number of nitrogens with one attached hydrogen (secondary N) is 1. The summed E-state index contributed by atoms with van der Waals surface area (Å²) in [5.74, 6) is -1.22. The van der Waals surface area contributed by atoms with Crippen molar-refractivity contribution in [2.75, 3.05) is 23.7 Å². The van der Waals surface area contributed by atoms with E-state index in [1.165, 1.54) is 6.07 Å². The number of piperidine rings is 1. The van der Waals surface area contributed by atoms with Gasteiger partial charge in [0.2, 0.25) is 5.95 Å². The van der Waals surface area contributed by atoms with Crippen LogP contribution in [0.3, 0.4) is 0 Å². The highest BCUT2D eigenvalue weighted by Gasteiger charge is 2.48. The lowest BCUT2D eigenvalue weighted by molar-refractivity contribution is -0.294. The molecule has 12 heteroatoms. The standard InChI is InChI=1S/C15H23N5O7/c16-7-6-8(19-4-2-1-3-5-19)18-15(17)20(7)27-14-11(23)9(21)10(22)12(26-14)13(24)25/h6,9-12,14,16,21-23H,1-5H2,(H2,17,18)(H,24,25)/t9-,10+,11?,12?,14+/m1/s1. The molecule has 12 nitrogen and oxygen atoms in total. The Morgan fingerprint density at radius 3 is 2.48 bits per heavy atom. The summed E-state index contributed by atoms with van der Waals surface area (Å²) in [4.78, 5) is 22.6. The molecule has 2 fully saturated rings.